The van der Waals surface area contributed by atoms with Crippen LogP contribution in [0.15, 0.2) is 34.7 Å². The molecule has 1 aromatic carbocycles. The monoisotopic (exact) mass is 390 g/mol. The van der Waals surface area contributed by atoms with Crippen LogP contribution in [0, 0.1) is 0 Å². The minimum absolute atomic E-state index is 0. The average Bonchev–Trinajstić information content (AvgIpc) is 2.45. The highest BCUT2D eigenvalue weighted by atomic mass is 35.5. The quantitative estimate of drug-likeness (QED) is 0.776. The second kappa shape index (κ2) is 7.85. The summed E-state index contributed by atoms with van der Waals surface area (Å²) in [7, 11) is -4.12. The van der Waals surface area contributed by atoms with Gasteiger partial charge in [-0.1, -0.05) is 23.3 Å². The van der Waals surface area contributed by atoms with Crippen molar-refractivity contribution in [3.63, 3.8) is 0 Å². The Morgan fingerprint density at radius 2 is 2.00 bits per heavy atom. The Bertz CT molecular complexity index is 691. The highest BCUT2D eigenvalue weighted by Crippen LogP contribution is 2.33. The molecule has 23 heavy (non-hydrogen) atoms. The SMILES string of the molecule is Cl.O=S(=O)(NCC1=CCNCC1)c1cc(C(F)(F)F)ccc1Cl. The summed E-state index contributed by atoms with van der Waals surface area (Å²) in [6.45, 7) is 1.43. The molecule has 1 aliphatic rings. The van der Waals surface area contributed by atoms with Crippen molar-refractivity contribution >= 4 is 34.0 Å². The third-order valence-electron chi connectivity index (χ3n) is 3.20. The molecular weight excluding hydrogens is 376 g/mol. The molecule has 1 aromatic rings. The molecule has 10 heteroatoms. The number of sulfonamides is 1. The van der Waals surface area contributed by atoms with E-state index in [4.69, 9.17) is 11.6 Å². The third-order valence-corrected chi connectivity index (χ3v) is 5.08. The number of benzene rings is 1. The Kier molecular flexibility index (Phi) is 6.91. The van der Waals surface area contributed by atoms with Gasteiger partial charge in [0.1, 0.15) is 4.90 Å². The molecular formula is C13H15Cl2F3N2O2S. The van der Waals surface area contributed by atoms with Crippen LogP contribution in [0.4, 0.5) is 13.2 Å². The molecule has 0 fully saturated rings. The number of nitrogens with one attached hydrogen (secondary N) is 2. The van der Waals surface area contributed by atoms with Crippen molar-refractivity contribution in [1.29, 1.82) is 0 Å². The zero-order chi connectivity index (χ0) is 16.4. The highest BCUT2D eigenvalue weighted by Gasteiger charge is 2.32. The molecule has 1 aliphatic heterocycles. The molecule has 0 radical (unpaired) electrons. The summed E-state index contributed by atoms with van der Waals surface area (Å²) in [6.07, 6.45) is -2.11. The number of alkyl halides is 3. The lowest BCUT2D eigenvalue weighted by Gasteiger charge is -2.16. The van der Waals surface area contributed by atoms with E-state index in [-0.39, 0.29) is 24.0 Å². The van der Waals surface area contributed by atoms with Crippen LogP contribution in [0.5, 0.6) is 0 Å². The van der Waals surface area contributed by atoms with E-state index in [2.05, 4.69) is 10.0 Å². The first-order valence-electron chi connectivity index (χ1n) is 6.45. The fraction of sp³-hybridized carbons (Fsp3) is 0.385. The molecule has 0 bridgehead atoms. The summed E-state index contributed by atoms with van der Waals surface area (Å²) in [5.74, 6) is 0. The fourth-order valence-electron chi connectivity index (χ4n) is 1.98. The Labute approximate surface area is 143 Å². The minimum Gasteiger partial charge on any atom is -0.313 e. The molecule has 0 aromatic heterocycles. The van der Waals surface area contributed by atoms with Crippen molar-refractivity contribution in [1.82, 2.24) is 10.0 Å². The normalized spacial score (nSPS) is 15.7. The van der Waals surface area contributed by atoms with Gasteiger partial charge in [0, 0.05) is 13.1 Å². The van der Waals surface area contributed by atoms with Crippen molar-refractivity contribution in [3.8, 4) is 0 Å². The van der Waals surface area contributed by atoms with Crippen molar-refractivity contribution < 1.29 is 21.6 Å². The lowest BCUT2D eigenvalue weighted by atomic mass is 10.1. The predicted octanol–water partition coefficient (Wildman–Crippen LogP) is 2.98. The van der Waals surface area contributed by atoms with E-state index < -0.39 is 26.7 Å². The van der Waals surface area contributed by atoms with Gasteiger partial charge in [0.15, 0.2) is 0 Å². The summed E-state index contributed by atoms with van der Waals surface area (Å²) in [6, 6.07) is 2.22. The molecule has 4 nitrogen and oxygen atoms in total. The Morgan fingerprint density at radius 1 is 1.30 bits per heavy atom. The van der Waals surface area contributed by atoms with E-state index in [1.807, 2.05) is 6.08 Å². The lowest BCUT2D eigenvalue weighted by molar-refractivity contribution is -0.137. The zero-order valence-electron chi connectivity index (χ0n) is 11.8. The molecule has 0 unspecified atom stereocenters. The Morgan fingerprint density at radius 3 is 2.57 bits per heavy atom. The van der Waals surface area contributed by atoms with Crippen molar-refractivity contribution in [3.05, 3.63) is 40.4 Å². The van der Waals surface area contributed by atoms with Gasteiger partial charge in [0.25, 0.3) is 0 Å². The third kappa shape index (κ3) is 5.36. The predicted molar refractivity (Wildman–Crippen MR) is 84.5 cm³/mol. The number of halogens is 5. The van der Waals surface area contributed by atoms with E-state index in [1.54, 1.807) is 0 Å². The fourth-order valence-corrected chi connectivity index (χ4v) is 3.54. The number of rotatable bonds is 4. The summed E-state index contributed by atoms with van der Waals surface area (Å²) < 4.78 is 64.7. The molecule has 0 saturated heterocycles. The molecule has 0 aliphatic carbocycles. The average molecular weight is 391 g/mol. The van der Waals surface area contributed by atoms with Gasteiger partial charge in [0.05, 0.1) is 10.6 Å². The van der Waals surface area contributed by atoms with E-state index in [9.17, 15) is 21.6 Å². The van der Waals surface area contributed by atoms with Gasteiger partial charge in [-0.25, -0.2) is 13.1 Å². The topological polar surface area (TPSA) is 58.2 Å². The first-order valence-corrected chi connectivity index (χ1v) is 8.31. The zero-order valence-corrected chi connectivity index (χ0v) is 14.2. The second-order valence-corrected chi connectivity index (χ2v) is 6.93. The van der Waals surface area contributed by atoms with Gasteiger partial charge in [-0.15, -0.1) is 12.4 Å². The first kappa shape index (κ1) is 20.2. The molecule has 1 heterocycles. The van der Waals surface area contributed by atoms with Gasteiger partial charge >= 0.3 is 6.18 Å². The van der Waals surface area contributed by atoms with Gasteiger partial charge in [0.2, 0.25) is 10.0 Å². The highest BCUT2D eigenvalue weighted by molar-refractivity contribution is 7.89. The number of hydrogen-bond acceptors (Lipinski definition) is 3. The van der Waals surface area contributed by atoms with Crippen LogP contribution in [0.25, 0.3) is 0 Å². The summed E-state index contributed by atoms with van der Waals surface area (Å²) in [5.41, 5.74) is -0.177. The maximum atomic E-state index is 12.7. The Balaban J connectivity index is 0.00000264. The molecule has 2 rings (SSSR count). The summed E-state index contributed by atoms with van der Waals surface area (Å²) >= 11 is 5.74. The van der Waals surface area contributed by atoms with Crippen LogP contribution in [0.2, 0.25) is 5.02 Å². The maximum absolute atomic E-state index is 12.7. The van der Waals surface area contributed by atoms with Gasteiger partial charge in [-0.05, 0) is 31.2 Å². The van der Waals surface area contributed by atoms with E-state index in [0.717, 1.165) is 24.3 Å². The number of hydrogen-bond donors (Lipinski definition) is 2. The van der Waals surface area contributed by atoms with Gasteiger partial charge in [-0.3, -0.25) is 0 Å². The molecule has 2 N–H and O–H groups in total. The molecule has 0 saturated carbocycles. The summed E-state index contributed by atoms with van der Waals surface area (Å²) in [5, 5.41) is 2.83. The smallest absolute Gasteiger partial charge is 0.313 e. The van der Waals surface area contributed by atoms with Gasteiger partial charge < -0.3 is 5.32 Å². The van der Waals surface area contributed by atoms with Crippen molar-refractivity contribution in [2.24, 2.45) is 0 Å². The van der Waals surface area contributed by atoms with Crippen molar-refractivity contribution in [2.45, 2.75) is 17.5 Å². The van der Waals surface area contributed by atoms with Crippen LogP contribution < -0.4 is 10.0 Å². The molecule has 0 atom stereocenters. The maximum Gasteiger partial charge on any atom is 0.416 e. The first-order chi connectivity index (χ1) is 10.2. The van der Waals surface area contributed by atoms with Crippen LogP contribution in [-0.4, -0.2) is 28.1 Å². The standard InChI is InChI=1S/C13H14ClF3N2O2S.ClH/c14-11-2-1-10(13(15,16)17)7-12(11)22(20,21)19-8-9-3-5-18-6-4-9;/h1-3,7,18-19H,4-6,8H2;1H. The van der Waals surface area contributed by atoms with Crippen LogP contribution in [0.1, 0.15) is 12.0 Å². The largest absolute Gasteiger partial charge is 0.416 e. The Hall–Kier alpha value is -0.800. The van der Waals surface area contributed by atoms with Crippen LogP contribution in [-0.2, 0) is 16.2 Å². The lowest BCUT2D eigenvalue weighted by Crippen LogP contribution is -2.30. The van der Waals surface area contributed by atoms with E-state index >= 15 is 0 Å². The van der Waals surface area contributed by atoms with E-state index in [0.29, 0.717) is 19.0 Å². The molecule has 0 amide bonds. The molecule has 130 valence electrons. The van der Waals surface area contributed by atoms with Crippen LogP contribution in [0.3, 0.4) is 0 Å². The summed E-state index contributed by atoms with van der Waals surface area (Å²) in [4.78, 5) is -0.571. The van der Waals surface area contributed by atoms with Gasteiger partial charge in [-0.2, -0.15) is 13.2 Å². The second-order valence-electron chi connectivity index (χ2n) is 4.78. The molecule has 0 spiro atoms. The van der Waals surface area contributed by atoms with E-state index in [1.165, 1.54) is 0 Å². The van der Waals surface area contributed by atoms with Crippen molar-refractivity contribution in [2.75, 3.05) is 19.6 Å². The minimum atomic E-state index is -4.63. The van der Waals surface area contributed by atoms with Crippen LogP contribution >= 0.6 is 24.0 Å².